The fourth-order valence-electron chi connectivity index (χ4n) is 2.03. The van der Waals surface area contributed by atoms with Crippen LogP contribution in [0.2, 0.25) is 0 Å². The second kappa shape index (κ2) is 4.90. The maximum atomic E-state index is 14.0. The molecule has 2 nitrogen and oxygen atoms in total. The molecular formula is C14H15F2NO. The highest BCUT2D eigenvalue weighted by atomic mass is 19.1. The Hall–Kier alpha value is -1.68. The third-order valence-corrected chi connectivity index (χ3v) is 3.07. The van der Waals surface area contributed by atoms with Crippen molar-refractivity contribution in [1.29, 1.82) is 0 Å². The molecule has 18 heavy (non-hydrogen) atoms. The molecule has 1 unspecified atom stereocenters. The minimum absolute atomic E-state index is 0.105. The van der Waals surface area contributed by atoms with Crippen molar-refractivity contribution in [3.05, 3.63) is 58.5 Å². The fraction of sp³-hybridized carbons (Fsp3) is 0.286. The summed E-state index contributed by atoms with van der Waals surface area (Å²) in [5, 5.41) is 0. The molecule has 96 valence electrons. The summed E-state index contributed by atoms with van der Waals surface area (Å²) >= 11 is 0. The Balaban J connectivity index is 2.52. The minimum atomic E-state index is -0.849. The molecule has 0 saturated carbocycles. The first-order chi connectivity index (χ1) is 8.56. The first-order valence-electron chi connectivity index (χ1n) is 5.82. The van der Waals surface area contributed by atoms with Crippen LogP contribution in [0.1, 0.15) is 35.4 Å². The van der Waals surface area contributed by atoms with Crippen LogP contribution in [0.3, 0.4) is 0 Å². The van der Waals surface area contributed by atoms with Gasteiger partial charge in [-0.3, -0.25) is 0 Å². The molecule has 0 bridgehead atoms. The van der Waals surface area contributed by atoms with E-state index >= 15 is 0 Å². The number of halogens is 2. The Labute approximate surface area is 104 Å². The van der Waals surface area contributed by atoms with E-state index in [1.54, 1.807) is 13.0 Å². The van der Waals surface area contributed by atoms with Gasteiger partial charge in [0, 0.05) is 17.5 Å². The predicted molar refractivity (Wildman–Crippen MR) is 65.2 cm³/mol. The molecule has 0 fully saturated rings. The van der Waals surface area contributed by atoms with Crippen molar-refractivity contribution < 1.29 is 13.2 Å². The lowest BCUT2D eigenvalue weighted by Gasteiger charge is -2.15. The topological polar surface area (TPSA) is 39.2 Å². The van der Waals surface area contributed by atoms with Gasteiger partial charge in [0.05, 0.1) is 12.3 Å². The van der Waals surface area contributed by atoms with Gasteiger partial charge < -0.3 is 10.2 Å². The highest BCUT2D eigenvalue weighted by molar-refractivity contribution is 5.37. The highest BCUT2D eigenvalue weighted by Gasteiger charge is 2.22. The molecule has 1 heterocycles. The second-order valence-electron chi connectivity index (χ2n) is 4.22. The summed E-state index contributed by atoms with van der Waals surface area (Å²) in [5.41, 5.74) is 6.87. The zero-order valence-electron chi connectivity index (χ0n) is 10.3. The van der Waals surface area contributed by atoms with Crippen molar-refractivity contribution >= 4 is 0 Å². The predicted octanol–water partition coefficient (Wildman–Crippen LogP) is 3.48. The van der Waals surface area contributed by atoms with E-state index in [0.29, 0.717) is 23.3 Å². The second-order valence-corrected chi connectivity index (χ2v) is 4.22. The van der Waals surface area contributed by atoms with Crippen molar-refractivity contribution in [3.8, 4) is 0 Å². The Morgan fingerprint density at radius 2 is 2.00 bits per heavy atom. The van der Waals surface area contributed by atoms with Crippen LogP contribution in [0.5, 0.6) is 0 Å². The van der Waals surface area contributed by atoms with Gasteiger partial charge in [-0.05, 0) is 24.6 Å². The molecule has 0 aliphatic heterocycles. The lowest BCUT2D eigenvalue weighted by molar-refractivity contribution is 0.502. The maximum Gasteiger partial charge on any atom is 0.134 e. The van der Waals surface area contributed by atoms with Crippen LogP contribution >= 0.6 is 0 Å². The van der Waals surface area contributed by atoms with Crippen LogP contribution in [0.4, 0.5) is 8.78 Å². The number of furan rings is 1. The van der Waals surface area contributed by atoms with Gasteiger partial charge >= 0.3 is 0 Å². The monoisotopic (exact) mass is 251 g/mol. The minimum Gasteiger partial charge on any atom is -0.469 e. The molecule has 1 atom stereocenters. The number of benzene rings is 1. The van der Waals surface area contributed by atoms with E-state index in [1.165, 1.54) is 18.4 Å². The van der Waals surface area contributed by atoms with Gasteiger partial charge in [-0.2, -0.15) is 0 Å². The van der Waals surface area contributed by atoms with E-state index in [2.05, 4.69) is 0 Å². The van der Waals surface area contributed by atoms with Crippen molar-refractivity contribution in [3.63, 3.8) is 0 Å². The largest absolute Gasteiger partial charge is 0.469 e. The van der Waals surface area contributed by atoms with Gasteiger partial charge in [0.15, 0.2) is 0 Å². The third kappa shape index (κ3) is 2.04. The summed E-state index contributed by atoms with van der Waals surface area (Å²) in [5.74, 6) is -0.567. The average molecular weight is 251 g/mol. The summed E-state index contributed by atoms with van der Waals surface area (Å²) in [6.45, 7) is 3.49. The van der Waals surface area contributed by atoms with Crippen molar-refractivity contribution in [2.75, 3.05) is 0 Å². The molecule has 0 aliphatic rings. The summed E-state index contributed by atoms with van der Waals surface area (Å²) in [6, 6.07) is 3.44. The third-order valence-electron chi connectivity index (χ3n) is 3.07. The van der Waals surface area contributed by atoms with Crippen LogP contribution < -0.4 is 5.73 Å². The molecule has 0 spiro atoms. The van der Waals surface area contributed by atoms with Gasteiger partial charge in [0.1, 0.15) is 17.4 Å². The SMILES string of the molecule is CCc1occc1C(N)c1c(F)ccc(C)c1F. The summed E-state index contributed by atoms with van der Waals surface area (Å²) in [4.78, 5) is 0. The molecule has 1 aromatic heterocycles. The quantitative estimate of drug-likeness (QED) is 0.907. The molecule has 0 amide bonds. The standard InChI is InChI=1S/C14H15F2NO/c1-3-11-9(6-7-18-11)14(17)12-10(15)5-4-8(2)13(12)16/h4-7,14H,3,17H2,1-2H3. The van der Waals surface area contributed by atoms with Crippen LogP contribution in [-0.4, -0.2) is 0 Å². The van der Waals surface area contributed by atoms with Crippen LogP contribution in [0.15, 0.2) is 28.9 Å². The Bertz CT molecular complexity index is 563. The van der Waals surface area contributed by atoms with Gasteiger partial charge in [-0.15, -0.1) is 0 Å². The molecule has 0 aliphatic carbocycles. The highest BCUT2D eigenvalue weighted by Crippen LogP contribution is 2.29. The Kier molecular flexibility index (Phi) is 3.48. The number of nitrogens with two attached hydrogens (primary N) is 1. The first kappa shape index (κ1) is 12.8. The van der Waals surface area contributed by atoms with Gasteiger partial charge in [0.2, 0.25) is 0 Å². The van der Waals surface area contributed by atoms with E-state index in [9.17, 15) is 8.78 Å². The van der Waals surface area contributed by atoms with E-state index in [0.717, 1.165) is 0 Å². The van der Waals surface area contributed by atoms with Crippen LogP contribution in [0, 0.1) is 18.6 Å². The lowest BCUT2D eigenvalue weighted by atomic mass is 9.96. The number of hydrogen-bond donors (Lipinski definition) is 1. The first-order valence-corrected chi connectivity index (χ1v) is 5.82. The van der Waals surface area contributed by atoms with E-state index in [1.807, 2.05) is 6.92 Å². The van der Waals surface area contributed by atoms with Gasteiger partial charge in [-0.25, -0.2) is 8.78 Å². The Morgan fingerprint density at radius 3 is 2.67 bits per heavy atom. The normalized spacial score (nSPS) is 12.7. The van der Waals surface area contributed by atoms with E-state index in [-0.39, 0.29) is 5.56 Å². The Morgan fingerprint density at radius 1 is 1.28 bits per heavy atom. The average Bonchev–Trinajstić information content (AvgIpc) is 2.82. The molecule has 0 saturated heterocycles. The smallest absolute Gasteiger partial charge is 0.134 e. The number of rotatable bonds is 3. The molecule has 0 radical (unpaired) electrons. The maximum absolute atomic E-state index is 14.0. The van der Waals surface area contributed by atoms with Crippen molar-refractivity contribution in [2.45, 2.75) is 26.3 Å². The van der Waals surface area contributed by atoms with E-state index in [4.69, 9.17) is 10.2 Å². The molecule has 1 aromatic carbocycles. The molecule has 2 rings (SSSR count). The molecule has 2 aromatic rings. The zero-order valence-corrected chi connectivity index (χ0v) is 10.3. The van der Waals surface area contributed by atoms with Crippen molar-refractivity contribution in [1.82, 2.24) is 0 Å². The summed E-state index contributed by atoms with van der Waals surface area (Å²) in [7, 11) is 0. The van der Waals surface area contributed by atoms with Gasteiger partial charge in [0.25, 0.3) is 0 Å². The number of hydrogen-bond acceptors (Lipinski definition) is 2. The fourth-order valence-corrected chi connectivity index (χ4v) is 2.03. The summed E-state index contributed by atoms with van der Waals surface area (Å²) in [6.07, 6.45) is 2.12. The van der Waals surface area contributed by atoms with Gasteiger partial charge in [-0.1, -0.05) is 13.0 Å². The molecule has 4 heteroatoms. The van der Waals surface area contributed by atoms with Crippen LogP contribution in [0.25, 0.3) is 0 Å². The molecular weight excluding hydrogens is 236 g/mol. The number of aryl methyl sites for hydroxylation is 2. The zero-order chi connectivity index (χ0) is 13.3. The van der Waals surface area contributed by atoms with Crippen molar-refractivity contribution in [2.24, 2.45) is 5.73 Å². The van der Waals surface area contributed by atoms with Crippen LogP contribution in [-0.2, 0) is 6.42 Å². The molecule has 2 N–H and O–H groups in total. The summed E-state index contributed by atoms with van der Waals surface area (Å²) < 4.78 is 33.0. The van der Waals surface area contributed by atoms with E-state index < -0.39 is 17.7 Å². The lowest BCUT2D eigenvalue weighted by Crippen LogP contribution is -2.17.